The van der Waals surface area contributed by atoms with Crippen molar-refractivity contribution >= 4 is 31.9 Å². The molecule has 1 aromatic carbocycles. The number of rotatable bonds is 6. The Morgan fingerprint density at radius 1 is 1.24 bits per heavy atom. The van der Waals surface area contributed by atoms with E-state index in [1.807, 2.05) is 6.07 Å². The highest BCUT2D eigenvalue weighted by molar-refractivity contribution is 9.11. The van der Waals surface area contributed by atoms with Gasteiger partial charge in [0.1, 0.15) is 5.75 Å². The topological polar surface area (TPSA) is 35.5 Å². The molecule has 0 saturated carbocycles. The lowest BCUT2D eigenvalue weighted by Crippen LogP contribution is -2.45. The summed E-state index contributed by atoms with van der Waals surface area (Å²) in [6.07, 6.45) is 4.78. The van der Waals surface area contributed by atoms with Gasteiger partial charge in [-0.3, -0.25) is 4.90 Å². The molecule has 21 heavy (non-hydrogen) atoms. The average Bonchev–Trinajstić information content (AvgIpc) is 2.49. The summed E-state index contributed by atoms with van der Waals surface area (Å²) in [5.41, 5.74) is 1.04. The molecule has 1 heterocycles. The predicted octanol–water partition coefficient (Wildman–Crippen LogP) is 4.44. The van der Waals surface area contributed by atoms with Crippen molar-refractivity contribution in [3.63, 3.8) is 0 Å². The van der Waals surface area contributed by atoms with Crippen molar-refractivity contribution in [2.75, 3.05) is 26.2 Å². The summed E-state index contributed by atoms with van der Waals surface area (Å²) < 4.78 is 1.78. The standard InChI is InChI=1S/C16H24Br2N2O/c1-2-3-4-5-15(20-8-6-19-7-9-20)13-10-12(17)11-14(18)16(13)21/h10-11,15,19,21H,2-9H2,1H3/t15-/m1/s1. The molecule has 2 N–H and O–H groups in total. The van der Waals surface area contributed by atoms with Crippen molar-refractivity contribution in [2.24, 2.45) is 0 Å². The van der Waals surface area contributed by atoms with Gasteiger partial charge in [0.2, 0.25) is 0 Å². The predicted molar refractivity (Wildman–Crippen MR) is 94.8 cm³/mol. The first-order valence-corrected chi connectivity index (χ1v) is 9.34. The second-order valence-electron chi connectivity index (χ2n) is 5.62. The zero-order valence-electron chi connectivity index (χ0n) is 12.5. The van der Waals surface area contributed by atoms with Crippen LogP contribution in [0.15, 0.2) is 21.1 Å². The van der Waals surface area contributed by atoms with Crippen molar-refractivity contribution in [3.8, 4) is 5.75 Å². The van der Waals surface area contributed by atoms with Crippen molar-refractivity contribution in [1.82, 2.24) is 10.2 Å². The van der Waals surface area contributed by atoms with Crippen molar-refractivity contribution < 1.29 is 5.11 Å². The van der Waals surface area contributed by atoms with Crippen molar-refractivity contribution in [2.45, 2.75) is 38.6 Å². The number of halogens is 2. The minimum Gasteiger partial charge on any atom is -0.506 e. The second-order valence-corrected chi connectivity index (χ2v) is 7.39. The van der Waals surface area contributed by atoms with E-state index in [2.05, 4.69) is 55.1 Å². The SMILES string of the molecule is CCCCC[C@H](c1cc(Br)cc(Br)c1O)N1CCNCC1. The van der Waals surface area contributed by atoms with E-state index < -0.39 is 0 Å². The van der Waals surface area contributed by atoms with Gasteiger partial charge in [0.05, 0.1) is 4.47 Å². The number of unbranched alkanes of at least 4 members (excludes halogenated alkanes) is 2. The first kappa shape index (κ1) is 17.3. The molecule has 0 unspecified atom stereocenters. The minimum atomic E-state index is 0.299. The maximum absolute atomic E-state index is 10.5. The normalized spacial score (nSPS) is 17.9. The van der Waals surface area contributed by atoms with Gasteiger partial charge in [-0.25, -0.2) is 0 Å². The molecule has 2 rings (SSSR count). The molecule has 1 aliphatic heterocycles. The smallest absolute Gasteiger partial charge is 0.134 e. The largest absolute Gasteiger partial charge is 0.506 e. The molecular weight excluding hydrogens is 396 g/mol. The van der Waals surface area contributed by atoms with Gasteiger partial charge < -0.3 is 10.4 Å². The number of aromatic hydroxyl groups is 1. The third kappa shape index (κ3) is 4.68. The van der Waals surface area contributed by atoms with Crippen LogP contribution in [0.1, 0.15) is 44.2 Å². The van der Waals surface area contributed by atoms with E-state index in [9.17, 15) is 5.11 Å². The van der Waals surface area contributed by atoms with Crippen molar-refractivity contribution in [1.29, 1.82) is 0 Å². The number of nitrogens with one attached hydrogen (secondary N) is 1. The fraction of sp³-hybridized carbons (Fsp3) is 0.625. The first-order chi connectivity index (χ1) is 10.1. The Morgan fingerprint density at radius 2 is 1.95 bits per heavy atom. The van der Waals surface area contributed by atoms with Crippen LogP contribution in [0.2, 0.25) is 0 Å². The zero-order chi connectivity index (χ0) is 15.2. The molecule has 1 saturated heterocycles. The van der Waals surface area contributed by atoms with E-state index in [4.69, 9.17) is 0 Å². The van der Waals surface area contributed by atoms with Crippen LogP contribution in [0.5, 0.6) is 5.75 Å². The molecule has 5 heteroatoms. The highest BCUT2D eigenvalue weighted by Gasteiger charge is 2.25. The van der Waals surface area contributed by atoms with Crippen LogP contribution >= 0.6 is 31.9 Å². The van der Waals surface area contributed by atoms with Gasteiger partial charge in [0.25, 0.3) is 0 Å². The number of phenolic OH excluding ortho intramolecular Hbond substituents is 1. The summed E-state index contributed by atoms with van der Waals surface area (Å²) in [5.74, 6) is 0.387. The van der Waals surface area contributed by atoms with Gasteiger partial charge in [0, 0.05) is 42.3 Å². The van der Waals surface area contributed by atoms with Crippen molar-refractivity contribution in [3.05, 3.63) is 26.6 Å². The van der Waals surface area contributed by atoms with Crippen LogP contribution < -0.4 is 5.32 Å². The van der Waals surface area contributed by atoms with Gasteiger partial charge in [-0.2, -0.15) is 0 Å². The number of hydrogen-bond acceptors (Lipinski definition) is 3. The molecule has 0 amide bonds. The van der Waals surface area contributed by atoms with E-state index in [1.54, 1.807) is 0 Å². The Hall–Kier alpha value is -0.100. The van der Waals surface area contributed by atoms with Gasteiger partial charge in [-0.1, -0.05) is 42.1 Å². The molecule has 1 aromatic rings. The Labute approximate surface area is 144 Å². The van der Waals surface area contributed by atoms with E-state index in [-0.39, 0.29) is 0 Å². The first-order valence-electron chi connectivity index (χ1n) is 7.76. The summed E-state index contributed by atoms with van der Waals surface area (Å²) in [4.78, 5) is 2.50. The summed E-state index contributed by atoms with van der Waals surface area (Å²) in [6, 6.07) is 4.27. The molecule has 0 bridgehead atoms. The highest BCUT2D eigenvalue weighted by atomic mass is 79.9. The molecule has 0 aromatic heterocycles. The quantitative estimate of drug-likeness (QED) is 0.668. The van der Waals surface area contributed by atoms with Crippen LogP contribution in [0.4, 0.5) is 0 Å². The highest BCUT2D eigenvalue weighted by Crippen LogP contribution is 2.39. The van der Waals surface area contributed by atoms with Crippen LogP contribution in [-0.4, -0.2) is 36.2 Å². The number of phenols is 1. The number of nitrogens with zero attached hydrogens (tertiary/aromatic N) is 1. The summed E-state index contributed by atoms with van der Waals surface area (Å²) >= 11 is 7.01. The molecule has 118 valence electrons. The maximum Gasteiger partial charge on any atom is 0.134 e. The molecule has 0 spiro atoms. The van der Waals surface area contributed by atoms with E-state index in [1.165, 1.54) is 19.3 Å². The lowest BCUT2D eigenvalue weighted by Gasteiger charge is -2.36. The maximum atomic E-state index is 10.5. The molecule has 0 aliphatic carbocycles. The minimum absolute atomic E-state index is 0.299. The van der Waals surface area contributed by atoms with E-state index in [0.29, 0.717) is 11.8 Å². The van der Waals surface area contributed by atoms with Crippen LogP contribution in [0.3, 0.4) is 0 Å². The second kappa shape index (κ2) is 8.51. The van der Waals surface area contributed by atoms with Gasteiger partial charge in [-0.15, -0.1) is 0 Å². The monoisotopic (exact) mass is 418 g/mol. The van der Waals surface area contributed by atoms with Crippen LogP contribution in [0.25, 0.3) is 0 Å². The third-order valence-electron chi connectivity index (χ3n) is 4.09. The Bertz CT molecular complexity index is 462. The van der Waals surface area contributed by atoms with Gasteiger partial charge in [0.15, 0.2) is 0 Å². The summed E-state index contributed by atoms with van der Waals surface area (Å²) in [5, 5.41) is 13.9. The lowest BCUT2D eigenvalue weighted by molar-refractivity contribution is 0.160. The summed E-state index contributed by atoms with van der Waals surface area (Å²) in [6.45, 7) is 6.37. The molecule has 3 nitrogen and oxygen atoms in total. The zero-order valence-corrected chi connectivity index (χ0v) is 15.7. The van der Waals surface area contributed by atoms with Gasteiger partial charge in [-0.05, 0) is 34.5 Å². The Balaban J connectivity index is 2.24. The van der Waals surface area contributed by atoms with E-state index in [0.717, 1.165) is 47.1 Å². The molecular formula is C16H24Br2N2O. The fourth-order valence-electron chi connectivity index (χ4n) is 2.96. The van der Waals surface area contributed by atoms with Crippen LogP contribution in [0, 0.1) is 0 Å². The molecule has 0 radical (unpaired) electrons. The van der Waals surface area contributed by atoms with E-state index >= 15 is 0 Å². The molecule has 1 fully saturated rings. The number of hydrogen-bond donors (Lipinski definition) is 2. The summed E-state index contributed by atoms with van der Waals surface area (Å²) in [7, 11) is 0. The Morgan fingerprint density at radius 3 is 2.62 bits per heavy atom. The third-order valence-corrected chi connectivity index (χ3v) is 5.15. The molecule has 1 aliphatic rings. The van der Waals surface area contributed by atoms with Gasteiger partial charge >= 0.3 is 0 Å². The Kier molecular flexibility index (Phi) is 6.99. The van der Waals surface area contributed by atoms with Crippen LogP contribution in [-0.2, 0) is 0 Å². The number of benzene rings is 1. The average molecular weight is 420 g/mol. The molecule has 1 atom stereocenters. The fourth-order valence-corrected chi connectivity index (χ4v) is 4.21. The lowest BCUT2D eigenvalue weighted by atomic mass is 9.97. The number of piperazine rings is 1.